The Kier molecular flexibility index (Phi) is 7.44. The minimum atomic E-state index is -4.15. The molecule has 33 heavy (non-hydrogen) atoms. The van der Waals surface area contributed by atoms with Gasteiger partial charge in [-0.15, -0.1) is 0 Å². The minimum Gasteiger partial charge on any atom is -0.348 e. The fourth-order valence-electron chi connectivity index (χ4n) is 3.34. The largest absolute Gasteiger partial charge is 0.348 e. The summed E-state index contributed by atoms with van der Waals surface area (Å²) in [5, 5.41) is 14.0. The number of hydrogen-bond acceptors (Lipinski definition) is 5. The van der Waals surface area contributed by atoms with E-state index in [-0.39, 0.29) is 22.3 Å². The summed E-state index contributed by atoms with van der Waals surface area (Å²) in [6.07, 6.45) is 0.899. The van der Waals surface area contributed by atoms with Gasteiger partial charge in [-0.1, -0.05) is 55.5 Å². The molecule has 172 valence electrons. The van der Waals surface area contributed by atoms with Gasteiger partial charge < -0.3 is 5.32 Å². The van der Waals surface area contributed by atoms with Crippen LogP contribution in [0.2, 0.25) is 0 Å². The van der Waals surface area contributed by atoms with Crippen molar-refractivity contribution in [1.82, 2.24) is 5.32 Å². The van der Waals surface area contributed by atoms with Crippen LogP contribution >= 0.6 is 0 Å². The zero-order valence-corrected chi connectivity index (χ0v) is 19.2. The number of carbonyl (C=O) groups is 1. The second kappa shape index (κ2) is 10.3. The zero-order chi connectivity index (χ0) is 24.0. The predicted molar refractivity (Wildman–Crippen MR) is 126 cm³/mol. The molecule has 1 amide bonds. The van der Waals surface area contributed by atoms with Gasteiger partial charge in [-0.25, -0.2) is 8.42 Å². The zero-order valence-electron chi connectivity index (χ0n) is 18.3. The molecule has 0 aliphatic rings. The third-order valence-corrected chi connectivity index (χ3v) is 7.00. The maximum Gasteiger partial charge on any atom is 0.271 e. The van der Waals surface area contributed by atoms with E-state index < -0.39 is 27.4 Å². The molecule has 1 N–H and O–H groups in total. The SMILES string of the molecule is CCc1ccc([C@@H](C)NC(=O)CN(c2cccc([N+](=O)[O-])c2)S(=O)(=O)c2ccccc2)cc1. The summed E-state index contributed by atoms with van der Waals surface area (Å²) in [5.41, 5.74) is 1.81. The number of nitro benzene ring substituents is 1. The first-order valence-electron chi connectivity index (χ1n) is 10.4. The lowest BCUT2D eigenvalue weighted by molar-refractivity contribution is -0.384. The minimum absolute atomic E-state index is 0.0208. The highest BCUT2D eigenvalue weighted by Crippen LogP contribution is 2.27. The van der Waals surface area contributed by atoms with Gasteiger partial charge in [0.05, 0.1) is 21.5 Å². The van der Waals surface area contributed by atoms with Crippen LogP contribution in [0.25, 0.3) is 0 Å². The summed E-state index contributed by atoms with van der Waals surface area (Å²) < 4.78 is 27.6. The van der Waals surface area contributed by atoms with Crippen LogP contribution in [0.15, 0.2) is 83.8 Å². The third-order valence-electron chi connectivity index (χ3n) is 5.21. The van der Waals surface area contributed by atoms with Crippen LogP contribution in [0.1, 0.15) is 31.0 Å². The highest BCUT2D eigenvalue weighted by Gasteiger charge is 2.28. The first-order valence-corrected chi connectivity index (χ1v) is 11.9. The van der Waals surface area contributed by atoms with Crippen molar-refractivity contribution in [2.75, 3.05) is 10.8 Å². The van der Waals surface area contributed by atoms with Gasteiger partial charge in [0, 0.05) is 12.1 Å². The molecule has 0 heterocycles. The Hall–Kier alpha value is -3.72. The van der Waals surface area contributed by atoms with E-state index in [4.69, 9.17) is 0 Å². The van der Waals surface area contributed by atoms with E-state index in [9.17, 15) is 23.3 Å². The molecule has 3 rings (SSSR count). The van der Waals surface area contributed by atoms with Crippen LogP contribution in [0, 0.1) is 10.1 Å². The van der Waals surface area contributed by atoms with E-state index in [1.807, 2.05) is 31.2 Å². The predicted octanol–water partition coefficient (Wildman–Crippen LogP) is 4.23. The number of anilines is 1. The number of benzene rings is 3. The van der Waals surface area contributed by atoms with Gasteiger partial charge in [0.25, 0.3) is 15.7 Å². The molecule has 3 aromatic rings. The molecule has 0 aromatic heterocycles. The van der Waals surface area contributed by atoms with Crippen molar-refractivity contribution in [2.45, 2.75) is 31.2 Å². The van der Waals surface area contributed by atoms with Crippen molar-refractivity contribution in [3.05, 3.63) is 100 Å². The van der Waals surface area contributed by atoms with Crippen molar-refractivity contribution in [3.63, 3.8) is 0 Å². The molecule has 3 aromatic carbocycles. The number of non-ortho nitro benzene ring substituents is 1. The summed E-state index contributed by atoms with van der Waals surface area (Å²) in [6.45, 7) is 3.33. The average molecular weight is 468 g/mol. The molecule has 8 nitrogen and oxygen atoms in total. The molecule has 0 saturated carbocycles. The van der Waals surface area contributed by atoms with Crippen molar-refractivity contribution in [1.29, 1.82) is 0 Å². The van der Waals surface area contributed by atoms with Crippen molar-refractivity contribution in [2.24, 2.45) is 0 Å². The molecular formula is C24H25N3O5S. The van der Waals surface area contributed by atoms with E-state index in [2.05, 4.69) is 12.2 Å². The quantitative estimate of drug-likeness (QED) is 0.374. The van der Waals surface area contributed by atoms with Gasteiger partial charge in [-0.05, 0) is 42.7 Å². The lowest BCUT2D eigenvalue weighted by atomic mass is 10.1. The summed E-state index contributed by atoms with van der Waals surface area (Å²) in [7, 11) is -4.15. The molecule has 0 saturated heterocycles. The number of amides is 1. The normalized spacial score (nSPS) is 12.1. The van der Waals surface area contributed by atoms with E-state index in [1.165, 1.54) is 35.9 Å². The Morgan fingerprint density at radius 3 is 2.30 bits per heavy atom. The summed E-state index contributed by atoms with van der Waals surface area (Å²) in [5.74, 6) is -0.534. The standard InChI is InChI=1S/C24H25N3O5S/c1-3-19-12-14-20(15-13-19)18(2)25-24(28)17-26(21-8-7-9-22(16-21)27(29)30)33(31,32)23-10-5-4-6-11-23/h4-16,18H,3,17H2,1-2H3,(H,25,28)/t18-/m1/s1. The first kappa shape index (κ1) is 23.9. The monoisotopic (exact) mass is 467 g/mol. The maximum atomic E-state index is 13.4. The Morgan fingerprint density at radius 1 is 1.03 bits per heavy atom. The topological polar surface area (TPSA) is 110 Å². The van der Waals surface area contributed by atoms with Crippen LogP contribution in [-0.4, -0.2) is 25.8 Å². The Bertz CT molecular complexity index is 1230. The van der Waals surface area contributed by atoms with Crippen LogP contribution < -0.4 is 9.62 Å². The number of rotatable bonds is 9. The molecule has 0 spiro atoms. The number of hydrogen-bond donors (Lipinski definition) is 1. The fourth-order valence-corrected chi connectivity index (χ4v) is 4.77. The van der Waals surface area contributed by atoms with Gasteiger partial charge in [-0.2, -0.15) is 0 Å². The number of aryl methyl sites for hydroxylation is 1. The van der Waals surface area contributed by atoms with Gasteiger partial charge >= 0.3 is 0 Å². The average Bonchev–Trinajstić information content (AvgIpc) is 2.83. The van der Waals surface area contributed by atoms with Crippen LogP contribution in [-0.2, 0) is 21.2 Å². The van der Waals surface area contributed by atoms with Gasteiger partial charge in [0.1, 0.15) is 6.54 Å². The number of nitro groups is 1. The number of sulfonamides is 1. The van der Waals surface area contributed by atoms with Crippen molar-refractivity contribution in [3.8, 4) is 0 Å². The van der Waals surface area contributed by atoms with Gasteiger partial charge in [-0.3, -0.25) is 19.2 Å². The smallest absolute Gasteiger partial charge is 0.271 e. The van der Waals surface area contributed by atoms with E-state index in [0.29, 0.717) is 0 Å². The van der Waals surface area contributed by atoms with Crippen molar-refractivity contribution < 1.29 is 18.1 Å². The maximum absolute atomic E-state index is 13.4. The molecule has 1 atom stereocenters. The molecule has 0 radical (unpaired) electrons. The molecule has 9 heteroatoms. The lowest BCUT2D eigenvalue weighted by Gasteiger charge is -2.25. The number of carbonyl (C=O) groups excluding carboxylic acids is 1. The number of nitrogens with one attached hydrogen (secondary N) is 1. The Balaban J connectivity index is 1.90. The van der Waals surface area contributed by atoms with Crippen LogP contribution in [0.5, 0.6) is 0 Å². The molecule has 0 aliphatic heterocycles. The Morgan fingerprint density at radius 2 is 1.70 bits per heavy atom. The van der Waals surface area contributed by atoms with E-state index in [1.54, 1.807) is 18.2 Å². The molecule has 0 bridgehead atoms. The highest BCUT2D eigenvalue weighted by molar-refractivity contribution is 7.92. The second-order valence-corrected chi connectivity index (χ2v) is 9.35. The van der Waals surface area contributed by atoms with Gasteiger partial charge in [0.2, 0.25) is 5.91 Å². The lowest BCUT2D eigenvalue weighted by Crippen LogP contribution is -2.41. The molecular weight excluding hydrogens is 442 g/mol. The number of nitrogens with zero attached hydrogens (tertiary/aromatic N) is 2. The highest BCUT2D eigenvalue weighted by atomic mass is 32.2. The summed E-state index contributed by atoms with van der Waals surface area (Å²) in [4.78, 5) is 23.5. The summed E-state index contributed by atoms with van der Waals surface area (Å²) >= 11 is 0. The van der Waals surface area contributed by atoms with Crippen LogP contribution in [0.3, 0.4) is 0 Å². The van der Waals surface area contributed by atoms with E-state index in [0.717, 1.165) is 22.4 Å². The third kappa shape index (κ3) is 5.75. The van der Waals surface area contributed by atoms with Crippen LogP contribution in [0.4, 0.5) is 11.4 Å². The molecule has 0 aliphatic carbocycles. The molecule has 0 unspecified atom stereocenters. The fraction of sp³-hybridized carbons (Fsp3) is 0.208. The second-order valence-electron chi connectivity index (χ2n) is 7.49. The Labute approximate surface area is 193 Å². The molecule has 0 fully saturated rings. The first-order chi connectivity index (χ1) is 15.7. The summed E-state index contributed by atoms with van der Waals surface area (Å²) in [6, 6.07) is 20.3. The van der Waals surface area contributed by atoms with Gasteiger partial charge in [0.15, 0.2) is 0 Å². The van der Waals surface area contributed by atoms with Crippen molar-refractivity contribution >= 4 is 27.3 Å². The van der Waals surface area contributed by atoms with E-state index >= 15 is 0 Å².